The van der Waals surface area contributed by atoms with Crippen molar-refractivity contribution in [1.29, 1.82) is 0 Å². The predicted molar refractivity (Wildman–Crippen MR) is 81.1 cm³/mol. The summed E-state index contributed by atoms with van der Waals surface area (Å²) in [4.78, 5) is 29.5. The zero-order valence-electron chi connectivity index (χ0n) is 11.2. The highest BCUT2D eigenvalue weighted by Gasteiger charge is 2.07. The van der Waals surface area contributed by atoms with Gasteiger partial charge in [0.25, 0.3) is 0 Å². The first-order chi connectivity index (χ1) is 10.3. The summed E-state index contributed by atoms with van der Waals surface area (Å²) in [6.07, 6.45) is 3.42. The molecule has 2 N–H and O–H groups in total. The molecule has 7 nitrogen and oxygen atoms in total. The van der Waals surface area contributed by atoms with Gasteiger partial charge in [0, 0.05) is 12.7 Å². The number of fused-ring (bicyclic) bond motifs is 1. The molecule has 0 aromatic carbocycles. The molecule has 8 heteroatoms. The van der Waals surface area contributed by atoms with E-state index >= 15 is 0 Å². The Morgan fingerprint density at radius 2 is 2.19 bits per heavy atom. The summed E-state index contributed by atoms with van der Waals surface area (Å²) < 4.78 is 0. The number of carbonyl (C=O) groups is 1. The monoisotopic (exact) mass is 300 g/mol. The van der Waals surface area contributed by atoms with E-state index in [2.05, 4.69) is 30.6 Å². The number of amides is 2. The van der Waals surface area contributed by atoms with Crippen LogP contribution in [0.2, 0.25) is 0 Å². The van der Waals surface area contributed by atoms with Crippen LogP contribution in [0.4, 0.5) is 10.6 Å². The van der Waals surface area contributed by atoms with E-state index in [1.54, 1.807) is 30.0 Å². The van der Waals surface area contributed by atoms with E-state index in [4.69, 9.17) is 0 Å². The Morgan fingerprint density at radius 1 is 1.29 bits per heavy atom. The highest BCUT2D eigenvalue weighted by molar-refractivity contribution is 7.13. The first kappa shape index (κ1) is 13.4. The van der Waals surface area contributed by atoms with Crippen molar-refractivity contribution in [3.8, 4) is 10.6 Å². The molecule has 0 aliphatic carbocycles. The summed E-state index contributed by atoms with van der Waals surface area (Å²) in [5, 5.41) is 5.29. The molecule has 0 aliphatic rings. The largest absolute Gasteiger partial charge is 0.338 e. The molecule has 3 heterocycles. The molecule has 106 valence electrons. The van der Waals surface area contributed by atoms with E-state index < -0.39 is 0 Å². The van der Waals surface area contributed by atoms with Crippen molar-refractivity contribution in [2.24, 2.45) is 0 Å². The number of hydrogen-bond acceptors (Lipinski definition) is 6. The minimum Gasteiger partial charge on any atom is -0.338 e. The molecule has 0 radical (unpaired) electrons. The van der Waals surface area contributed by atoms with Crippen molar-refractivity contribution < 1.29 is 4.79 Å². The fourth-order valence-corrected chi connectivity index (χ4v) is 2.33. The number of pyridine rings is 1. The summed E-state index contributed by atoms with van der Waals surface area (Å²) in [5.41, 5.74) is 3.61. The van der Waals surface area contributed by atoms with Crippen LogP contribution in [-0.4, -0.2) is 32.5 Å². The lowest BCUT2D eigenvalue weighted by Crippen LogP contribution is -2.28. The molecule has 0 spiro atoms. The number of nitrogens with one attached hydrogen (secondary N) is 2. The van der Waals surface area contributed by atoms with E-state index in [-0.39, 0.29) is 6.03 Å². The molecule has 0 aliphatic heterocycles. The Balaban J connectivity index is 1.94. The normalized spacial score (nSPS) is 10.5. The lowest BCUT2D eigenvalue weighted by molar-refractivity contribution is 0.252. The standard InChI is InChI=1S/C13H12N6OS/c1-2-15-13(20)19-11-4-3-8-12(18-11)17-9(5-16-8)10-6-14-7-21-10/h3-7H,2H2,1H3,(H2,15,17,18,19,20). The topological polar surface area (TPSA) is 92.7 Å². The summed E-state index contributed by atoms with van der Waals surface area (Å²) >= 11 is 1.48. The van der Waals surface area contributed by atoms with Crippen LogP contribution in [0, 0.1) is 0 Å². The molecule has 0 saturated heterocycles. The molecule has 21 heavy (non-hydrogen) atoms. The maximum Gasteiger partial charge on any atom is 0.320 e. The van der Waals surface area contributed by atoms with Gasteiger partial charge in [-0.15, -0.1) is 11.3 Å². The lowest BCUT2D eigenvalue weighted by atomic mass is 10.3. The maximum absolute atomic E-state index is 11.5. The molecule has 0 fully saturated rings. The molecule has 3 aromatic heterocycles. The first-order valence-electron chi connectivity index (χ1n) is 6.34. The molecule has 0 bridgehead atoms. The Hall–Kier alpha value is -2.61. The molecule has 0 saturated carbocycles. The highest BCUT2D eigenvalue weighted by atomic mass is 32.1. The van der Waals surface area contributed by atoms with Gasteiger partial charge < -0.3 is 5.32 Å². The second-order valence-electron chi connectivity index (χ2n) is 4.14. The Kier molecular flexibility index (Phi) is 3.69. The van der Waals surface area contributed by atoms with Gasteiger partial charge in [0.2, 0.25) is 0 Å². The van der Waals surface area contributed by atoms with Crippen LogP contribution in [0.15, 0.2) is 30.0 Å². The van der Waals surface area contributed by atoms with Gasteiger partial charge in [0.15, 0.2) is 5.65 Å². The van der Waals surface area contributed by atoms with Gasteiger partial charge in [-0.2, -0.15) is 0 Å². The fraction of sp³-hybridized carbons (Fsp3) is 0.154. The quantitative estimate of drug-likeness (QED) is 0.774. The van der Waals surface area contributed by atoms with Gasteiger partial charge in [-0.25, -0.2) is 14.8 Å². The van der Waals surface area contributed by atoms with Crippen molar-refractivity contribution in [2.75, 3.05) is 11.9 Å². The third-order valence-electron chi connectivity index (χ3n) is 2.67. The van der Waals surface area contributed by atoms with Crippen LogP contribution in [0.25, 0.3) is 21.7 Å². The highest BCUT2D eigenvalue weighted by Crippen LogP contribution is 2.22. The van der Waals surface area contributed by atoms with Crippen LogP contribution in [0.5, 0.6) is 0 Å². The fourth-order valence-electron chi connectivity index (χ4n) is 1.75. The minimum absolute atomic E-state index is 0.295. The van der Waals surface area contributed by atoms with Gasteiger partial charge >= 0.3 is 6.03 Å². The number of aromatic nitrogens is 4. The number of thiazole rings is 1. The van der Waals surface area contributed by atoms with E-state index in [9.17, 15) is 4.79 Å². The molecule has 3 aromatic rings. The number of anilines is 1. The maximum atomic E-state index is 11.5. The first-order valence-corrected chi connectivity index (χ1v) is 7.21. The van der Waals surface area contributed by atoms with E-state index in [0.29, 0.717) is 29.2 Å². The third kappa shape index (κ3) is 2.95. The van der Waals surface area contributed by atoms with Gasteiger partial charge in [-0.3, -0.25) is 15.3 Å². The number of urea groups is 1. The van der Waals surface area contributed by atoms with Crippen LogP contribution >= 0.6 is 11.3 Å². The summed E-state index contributed by atoms with van der Waals surface area (Å²) in [6, 6.07) is 3.17. The molecule has 0 unspecified atom stereocenters. The van der Waals surface area contributed by atoms with Crippen LogP contribution < -0.4 is 10.6 Å². The van der Waals surface area contributed by atoms with Gasteiger partial charge in [-0.05, 0) is 19.1 Å². The van der Waals surface area contributed by atoms with E-state index in [0.717, 1.165) is 4.88 Å². The predicted octanol–water partition coefficient (Wildman–Crippen LogP) is 2.29. The zero-order chi connectivity index (χ0) is 14.7. The Labute approximate surface area is 124 Å². The molecular weight excluding hydrogens is 288 g/mol. The average molecular weight is 300 g/mol. The second kappa shape index (κ2) is 5.80. The molecular formula is C13H12N6OS. The third-order valence-corrected chi connectivity index (χ3v) is 3.47. The summed E-state index contributed by atoms with van der Waals surface area (Å²) in [7, 11) is 0. The Morgan fingerprint density at radius 3 is 2.95 bits per heavy atom. The minimum atomic E-state index is -0.295. The van der Waals surface area contributed by atoms with Crippen molar-refractivity contribution in [2.45, 2.75) is 6.92 Å². The SMILES string of the molecule is CCNC(=O)Nc1ccc2ncc(-c3cncs3)nc2n1. The molecule has 3 rings (SSSR count). The van der Waals surface area contributed by atoms with Crippen LogP contribution in [0.1, 0.15) is 6.92 Å². The average Bonchev–Trinajstić information content (AvgIpc) is 3.01. The second-order valence-corrected chi connectivity index (χ2v) is 5.03. The van der Waals surface area contributed by atoms with Crippen molar-refractivity contribution in [3.63, 3.8) is 0 Å². The van der Waals surface area contributed by atoms with E-state index in [1.807, 2.05) is 6.92 Å². The lowest BCUT2D eigenvalue weighted by Gasteiger charge is -2.06. The summed E-state index contributed by atoms with van der Waals surface area (Å²) in [6.45, 7) is 2.40. The number of hydrogen-bond donors (Lipinski definition) is 2. The number of carbonyl (C=O) groups excluding carboxylic acids is 1. The van der Waals surface area contributed by atoms with Crippen molar-refractivity contribution in [1.82, 2.24) is 25.3 Å². The summed E-state index contributed by atoms with van der Waals surface area (Å²) in [5.74, 6) is 0.434. The van der Waals surface area contributed by atoms with Crippen LogP contribution in [-0.2, 0) is 0 Å². The Bertz CT molecular complexity index is 773. The molecule has 0 atom stereocenters. The zero-order valence-corrected chi connectivity index (χ0v) is 12.0. The van der Waals surface area contributed by atoms with Gasteiger partial charge in [-0.1, -0.05) is 0 Å². The number of rotatable bonds is 3. The van der Waals surface area contributed by atoms with Gasteiger partial charge in [0.1, 0.15) is 17.0 Å². The number of nitrogens with zero attached hydrogens (tertiary/aromatic N) is 4. The smallest absolute Gasteiger partial charge is 0.320 e. The molecule has 2 amide bonds. The van der Waals surface area contributed by atoms with Crippen LogP contribution in [0.3, 0.4) is 0 Å². The van der Waals surface area contributed by atoms with Gasteiger partial charge in [0.05, 0.1) is 16.6 Å². The van der Waals surface area contributed by atoms with Crippen molar-refractivity contribution in [3.05, 3.63) is 30.0 Å². The van der Waals surface area contributed by atoms with E-state index in [1.165, 1.54) is 11.3 Å². The van der Waals surface area contributed by atoms with Crippen molar-refractivity contribution >= 4 is 34.3 Å².